The van der Waals surface area contributed by atoms with Crippen LogP contribution in [0, 0.1) is 0 Å². The molecule has 1 unspecified atom stereocenters. The molecule has 0 amide bonds. The average molecular weight is 247 g/mol. The molecule has 2 nitrogen and oxygen atoms in total. The third-order valence-corrected chi connectivity index (χ3v) is 3.80. The summed E-state index contributed by atoms with van der Waals surface area (Å²) in [5.41, 5.74) is 2.28. The third kappa shape index (κ3) is 2.03. The summed E-state index contributed by atoms with van der Waals surface area (Å²) in [7, 11) is 0. The molecule has 2 aromatic rings. The number of nitrogens with one attached hydrogen (secondary N) is 1. The molecule has 3 rings (SSSR count). The van der Waals surface area contributed by atoms with Crippen LogP contribution in [0.3, 0.4) is 0 Å². The van der Waals surface area contributed by atoms with Gasteiger partial charge in [0.1, 0.15) is 0 Å². The second kappa shape index (κ2) is 4.63. The van der Waals surface area contributed by atoms with Gasteiger partial charge in [-0.1, -0.05) is 23.7 Å². The molecule has 0 saturated carbocycles. The number of pyridine rings is 1. The number of piperidine rings is 1. The first-order valence-electron chi connectivity index (χ1n) is 6.10. The maximum atomic E-state index is 6.37. The summed E-state index contributed by atoms with van der Waals surface area (Å²) in [6.45, 7) is 2.13. The summed E-state index contributed by atoms with van der Waals surface area (Å²) in [4.78, 5) is 4.50. The standard InChI is InChI=1S/C14H15ClN2/c15-12-6-5-10-3-2-8-17-14(10)13(12)11-4-1-7-16-9-11/h2-3,5-6,8,11,16H,1,4,7,9H2. The predicted molar refractivity (Wildman–Crippen MR) is 71.6 cm³/mol. The van der Waals surface area contributed by atoms with E-state index in [9.17, 15) is 0 Å². The molecule has 88 valence electrons. The molecule has 0 spiro atoms. The molecular weight excluding hydrogens is 232 g/mol. The largest absolute Gasteiger partial charge is 0.316 e. The van der Waals surface area contributed by atoms with Crippen molar-refractivity contribution in [1.82, 2.24) is 10.3 Å². The molecule has 1 atom stereocenters. The number of rotatable bonds is 1. The zero-order valence-corrected chi connectivity index (χ0v) is 10.4. The Labute approximate surface area is 106 Å². The zero-order valence-electron chi connectivity index (χ0n) is 9.62. The molecule has 0 bridgehead atoms. The molecule has 1 aliphatic rings. The van der Waals surface area contributed by atoms with Gasteiger partial charge < -0.3 is 5.32 Å². The monoisotopic (exact) mass is 246 g/mol. The van der Waals surface area contributed by atoms with Gasteiger partial charge in [-0.2, -0.15) is 0 Å². The van der Waals surface area contributed by atoms with Gasteiger partial charge in [-0.15, -0.1) is 0 Å². The number of aromatic nitrogens is 1. The van der Waals surface area contributed by atoms with Crippen molar-refractivity contribution in [3.63, 3.8) is 0 Å². The number of halogens is 1. The fourth-order valence-electron chi connectivity index (χ4n) is 2.63. The second-order valence-electron chi connectivity index (χ2n) is 4.58. The summed E-state index contributed by atoms with van der Waals surface area (Å²) in [5.74, 6) is 0.495. The Morgan fingerprint density at radius 1 is 1.29 bits per heavy atom. The number of fused-ring (bicyclic) bond motifs is 1. The molecule has 1 fully saturated rings. The normalized spacial score (nSPS) is 20.6. The van der Waals surface area contributed by atoms with E-state index in [1.54, 1.807) is 0 Å². The van der Waals surface area contributed by atoms with E-state index in [0.717, 1.165) is 23.6 Å². The van der Waals surface area contributed by atoms with Gasteiger partial charge in [0, 0.05) is 34.6 Å². The smallest absolute Gasteiger partial charge is 0.0752 e. The Morgan fingerprint density at radius 3 is 3.06 bits per heavy atom. The summed E-state index contributed by atoms with van der Waals surface area (Å²) in [5, 5.41) is 5.47. The van der Waals surface area contributed by atoms with Gasteiger partial charge in [0.05, 0.1) is 5.52 Å². The van der Waals surface area contributed by atoms with Crippen LogP contribution in [-0.2, 0) is 0 Å². The van der Waals surface area contributed by atoms with E-state index in [-0.39, 0.29) is 0 Å². The highest BCUT2D eigenvalue weighted by molar-refractivity contribution is 6.32. The first kappa shape index (κ1) is 11.0. The van der Waals surface area contributed by atoms with Crippen LogP contribution in [0.15, 0.2) is 30.5 Å². The SMILES string of the molecule is Clc1ccc2cccnc2c1C1CCCNC1. The lowest BCUT2D eigenvalue weighted by atomic mass is 9.90. The van der Waals surface area contributed by atoms with Crippen LogP contribution in [0.25, 0.3) is 10.9 Å². The van der Waals surface area contributed by atoms with Gasteiger partial charge in [-0.25, -0.2) is 0 Å². The minimum atomic E-state index is 0.495. The summed E-state index contributed by atoms with van der Waals surface area (Å²) in [6, 6.07) is 8.11. The topological polar surface area (TPSA) is 24.9 Å². The number of hydrogen-bond acceptors (Lipinski definition) is 2. The first-order valence-corrected chi connectivity index (χ1v) is 6.48. The molecule has 1 saturated heterocycles. The lowest BCUT2D eigenvalue weighted by Gasteiger charge is -2.24. The molecule has 2 heterocycles. The Balaban J connectivity index is 2.15. The van der Waals surface area contributed by atoms with Crippen LogP contribution < -0.4 is 5.32 Å². The highest BCUT2D eigenvalue weighted by Crippen LogP contribution is 2.34. The van der Waals surface area contributed by atoms with E-state index >= 15 is 0 Å². The Kier molecular flexibility index (Phi) is 3.00. The van der Waals surface area contributed by atoms with Crippen molar-refractivity contribution in [3.05, 3.63) is 41.0 Å². The van der Waals surface area contributed by atoms with Crippen LogP contribution in [-0.4, -0.2) is 18.1 Å². The molecule has 1 aliphatic heterocycles. The van der Waals surface area contributed by atoms with E-state index < -0.39 is 0 Å². The fraction of sp³-hybridized carbons (Fsp3) is 0.357. The lowest BCUT2D eigenvalue weighted by Crippen LogP contribution is -2.28. The van der Waals surface area contributed by atoms with Gasteiger partial charge in [-0.3, -0.25) is 4.98 Å². The lowest BCUT2D eigenvalue weighted by molar-refractivity contribution is 0.463. The van der Waals surface area contributed by atoms with Crippen molar-refractivity contribution in [1.29, 1.82) is 0 Å². The Morgan fingerprint density at radius 2 is 2.24 bits per heavy atom. The van der Waals surface area contributed by atoms with Gasteiger partial charge >= 0.3 is 0 Å². The van der Waals surface area contributed by atoms with Gasteiger partial charge in [0.2, 0.25) is 0 Å². The first-order chi connectivity index (χ1) is 8.36. The van der Waals surface area contributed by atoms with E-state index in [1.165, 1.54) is 23.8 Å². The van der Waals surface area contributed by atoms with Crippen LogP contribution in [0.4, 0.5) is 0 Å². The predicted octanol–water partition coefficient (Wildman–Crippen LogP) is 3.36. The Hall–Kier alpha value is -1.12. The van der Waals surface area contributed by atoms with E-state index in [1.807, 2.05) is 24.4 Å². The average Bonchev–Trinajstić information content (AvgIpc) is 2.39. The molecule has 3 heteroatoms. The van der Waals surface area contributed by atoms with Crippen molar-refractivity contribution in [3.8, 4) is 0 Å². The quantitative estimate of drug-likeness (QED) is 0.835. The summed E-state index contributed by atoms with van der Waals surface area (Å²) in [6.07, 6.45) is 4.26. The van der Waals surface area contributed by atoms with Crippen LogP contribution in [0.1, 0.15) is 24.3 Å². The van der Waals surface area contributed by atoms with Crippen molar-refractivity contribution in [2.24, 2.45) is 0 Å². The number of hydrogen-bond donors (Lipinski definition) is 1. The van der Waals surface area contributed by atoms with E-state index in [0.29, 0.717) is 5.92 Å². The van der Waals surface area contributed by atoms with Gasteiger partial charge in [0.15, 0.2) is 0 Å². The van der Waals surface area contributed by atoms with Gasteiger partial charge in [0.25, 0.3) is 0 Å². The third-order valence-electron chi connectivity index (χ3n) is 3.47. The highest BCUT2D eigenvalue weighted by Gasteiger charge is 2.20. The van der Waals surface area contributed by atoms with Crippen molar-refractivity contribution in [2.75, 3.05) is 13.1 Å². The highest BCUT2D eigenvalue weighted by atomic mass is 35.5. The van der Waals surface area contributed by atoms with E-state index in [4.69, 9.17) is 11.6 Å². The van der Waals surface area contributed by atoms with Crippen LogP contribution in [0.2, 0.25) is 5.02 Å². The number of benzene rings is 1. The van der Waals surface area contributed by atoms with Crippen molar-refractivity contribution < 1.29 is 0 Å². The summed E-state index contributed by atoms with van der Waals surface area (Å²) < 4.78 is 0. The van der Waals surface area contributed by atoms with E-state index in [2.05, 4.69) is 16.4 Å². The maximum absolute atomic E-state index is 6.37. The second-order valence-corrected chi connectivity index (χ2v) is 4.99. The molecule has 17 heavy (non-hydrogen) atoms. The molecule has 1 aromatic carbocycles. The fourth-order valence-corrected chi connectivity index (χ4v) is 2.94. The molecule has 0 aliphatic carbocycles. The summed E-state index contributed by atoms with van der Waals surface area (Å²) >= 11 is 6.37. The minimum absolute atomic E-state index is 0.495. The van der Waals surface area contributed by atoms with Crippen molar-refractivity contribution in [2.45, 2.75) is 18.8 Å². The zero-order chi connectivity index (χ0) is 11.7. The molecular formula is C14H15ClN2. The maximum Gasteiger partial charge on any atom is 0.0752 e. The van der Waals surface area contributed by atoms with Crippen LogP contribution in [0.5, 0.6) is 0 Å². The van der Waals surface area contributed by atoms with Gasteiger partial charge in [-0.05, 0) is 31.5 Å². The Bertz CT molecular complexity index is 533. The van der Waals surface area contributed by atoms with Crippen LogP contribution >= 0.6 is 11.6 Å². The molecule has 1 N–H and O–H groups in total. The number of nitrogens with zero attached hydrogens (tertiary/aromatic N) is 1. The minimum Gasteiger partial charge on any atom is -0.316 e. The molecule has 0 radical (unpaired) electrons. The molecule has 1 aromatic heterocycles. The van der Waals surface area contributed by atoms with Crippen molar-refractivity contribution >= 4 is 22.5 Å².